The molecule has 3 nitrogen and oxygen atoms in total. The monoisotopic (exact) mass is 405 g/mol. The second-order valence-corrected chi connectivity index (χ2v) is 7.05. The lowest BCUT2D eigenvalue weighted by molar-refractivity contribution is -0.137. The zero-order chi connectivity index (χ0) is 20.1. The second-order valence-electron chi connectivity index (χ2n) is 6.13. The molecule has 1 N–H and O–H groups in total. The van der Waals surface area contributed by atoms with Crippen molar-refractivity contribution in [3.63, 3.8) is 0 Å². The highest BCUT2D eigenvalue weighted by Gasteiger charge is 2.30. The molecule has 0 fully saturated rings. The van der Waals surface area contributed by atoms with Gasteiger partial charge in [-0.25, -0.2) is 0 Å². The van der Waals surface area contributed by atoms with Crippen molar-refractivity contribution in [1.82, 2.24) is 0 Å². The van der Waals surface area contributed by atoms with Gasteiger partial charge in [0.2, 0.25) is 0 Å². The molecule has 0 bridgehead atoms. The van der Waals surface area contributed by atoms with Crippen LogP contribution in [0.2, 0.25) is 0 Å². The summed E-state index contributed by atoms with van der Waals surface area (Å²) >= 11 is 1.25. The Balaban J connectivity index is 1.57. The Kier molecular flexibility index (Phi) is 6.04. The zero-order valence-electron chi connectivity index (χ0n) is 15.0. The molecular weight excluding hydrogens is 387 g/mol. The molecule has 0 aliphatic rings. The van der Waals surface area contributed by atoms with Crippen LogP contribution in [0, 0.1) is 0 Å². The normalized spacial score (nSPS) is 11.3. The fourth-order valence-electron chi connectivity index (χ4n) is 2.49. The first-order valence-corrected chi connectivity index (χ1v) is 9.51. The van der Waals surface area contributed by atoms with E-state index in [4.69, 9.17) is 4.74 Å². The molecule has 0 aliphatic heterocycles. The molecule has 28 heavy (non-hydrogen) atoms. The van der Waals surface area contributed by atoms with Gasteiger partial charge in [0.05, 0.1) is 10.4 Å². The third kappa shape index (κ3) is 5.13. The summed E-state index contributed by atoms with van der Waals surface area (Å²) in [6.45, 7) is 2.41. The number of thiophene rings is 1. The SMILES string of the molecule is CCc1ccc(OCc2csc(C(=O)Nc3ccc(C(F)(F)F)cc3)c2)cc1. The van der Waals surface area contributed by atoms with Gasteiger partial charge in [0.1, 0.15) is 12.4 Å². The summed E-state index contributed by atoms with van der Waals surface area (Å²) in [5, 5.41) is 4.42. The van der Waals surface area contributed by atoms with Crippen LogP contribution in [0.25, 0.3) is 0 Å². The third-order valence-electron chi connectivity index (χ3n) is 4.08. The first-order valence-electron chi connectivity index (χ1n) is 8.63. The molecule has 0 unspecified atom stereocenters. The minimum absolute atomic E-state index is 0.306. The lowest BCUT2D eigenvalue weighted by atomic mass is 10.2. The van der Waals surface area contributed by atoms with E-state index in [1.165, 1.54) is 29.0 Å². The number of hydrogen-bond acceptors (Lipinski definition) is 3. The van der Waals surface area contributed by atoms with Gasteiger partial charge in [-0.05, 0) is 59.8 Å². The number of rotatable bonds is 6. The molecule has 0 saturated carbocycles. The van der Waals surface area contributed by atoms with Crippen molar-refractivity contribution < 1.29 is 22.7 Å². The molecule has 146 valence electrons. The first-order chi connectivity index (χ1) is 13.3. The van der Waals surface area contributed by atoms with Crippen molar-refractivity contribution in [2.24, 2.45) is 0 Å². The van der Waals surface area contributed by atoms with Gasteiger partial charge in [-0.3, -0.25) is 4.79 Å². The highest BCUT2D eigenvalue weighted by Crippen LogP contribution is 2.30. The number of carbonyl (C=O) groups excluding carboxylic acids is 1. The molecule has 2 aromatic carbocycles. The maximum atomic E-state index is 12.6. The van der Waals surface area contributed by atoms with Crippen LogP contribution < -0.4 is 10.1 Å². The van der Waals surface area contributed by atoms with E-state index in [0.717, 1.165) is 29.9 Å². The molecule has 1 heterocycles. The van der Waals surface area contributed by atoms with E-state index < -0.39 is 11.7 Å². The number of aryl methyl sites for hydroxylation is 1. The third-order valence-corrected chi connectivity index (χ3v) is 5.06. The van der Waals surface area contributed by atoms with Crippen molar-refractivity contribution in [2.75, 3.05) is 5.32 Å². The van der Waals surface area contributed by atoms with Gasteiger partial charge in [-0.2, -0.15) is 13.2 Å². The first kappa shape index (κ1) is 19.9. The van der Waals surface area contributed by atoms with Crippen molar-refractivity contribution in [1.29, 1.82) is 0 Å². The maximum Gasteiger partial charge on any atom is 0.416 e. The largest absolute Gasteiger partial charge is 0.489 e. The van der Waals surface area contributed by atoms with E-state index in [-0.39, 0.29) is 5.91 Å². The molecule has 3 rings (SSSR count). The van der Waals surface area contributed by atoms with E-state index in [0.29, 0.717) is 17.2 Å². The van der Waals surface area contributed by atoms with Gasteiger partial charge in [0, 0.05) is 11.3 Å². The molecule has 7 heteroatoms. The Morgan fingerprint density at radius 3 is 2.32 bits per heavy atom. The minimum atomic E-state index is -4.40. The zero-order valence-corrected chi connectivity index (χ0v) is 15.9. The Bertz CT molecular complexity index is 932. The molecule has 1 amide bonds. The average molecular weight is 405 g/mol. The molecule has 0 saturated heterocycles. The highest BCUT2D eigenvalue weighted by molar-refractivity contribution is 7.12. The van der Waals surface area contributed by atoms with Gasteiger partial charge in [-0.15, -0.1) is 11.3 Å². The smallest absolute Gasteiger partial charge is 0.416 e. The van der Waals surface area contributed by atoms with Crippen molar-refractivity contribution in [2.45, 2.75) is 26.1 Å². The van der Waals surface area contributed by atoms with Gasteiger partial charge in [0.15, 0.2) is 0 Å². The number of carbonyl (C=O) groups is 1. The fraction of sp³-hybridized carbons (Fsp3) is 0.190. The fourth-order valence-corrected chi connectivity index (χ4v) is 3.29. The molecule has 3 aromatic rings. The van der Waals surface area contributed by atoms with Gasteiger partial charge in [0.25, 0.3) is 5.91 Å². The minimum Gasteiger partial charge on any atom is -0.489 e. The van der Waals surface area contributed by atoms with Gasteiger partial charge < -0.3 is 10.1 Å². The number of ether oxygens (including phenoxy) is 1. The Labute approximate surface area is 164 Å². The molecular formula is C21H18F3NO2S. The van der Waals surface area contributed by atoms with Crippen LogP contribution in [-0.2, 0) is 19.2 Å². The quantitative estimate of drug-likeness (QED) is 0.533. The van der Waals surface area contributed by atoms with Crippen molar-refractivity contribution in [3.05, 3.63) is 81.5 Å². The number of nitrogens with one attached hydrogen (secondary N) is 1. The van der Waals surface area contributed by atoms with Gasteiger partial charge in [-0.1, -0.05) is 19.1 Å². The summed E-state index contributed by atoms with van der Waals surface area (Å²) in [7, 11) is 0. The van der Waals surface area contributed by atoms with Crippen molar-refractivity contribution >= 4 is 22.9 Å². The van der Waals surface area contributed by atoms with Crippen LogP contribution in [0.3, 0.4) is 0 Å². The number of anilines is 1. The van der Waals surface area contributed by atoms with Crippen LogP contribution in [0.4, 0.5) is 18.9 Å². The van der Waals surface area contributed by atoms with Crippen LogP contribution in [-0.4, -0.2) is 5.91 Å². The number of hydrogen-bond donors (Lipinski definition) is 1. The number of amides is 1. The maximum absolute atomic E-state index is 12.6. The molecule has 0 atom stereocenters. The lowest BCUT2D eigenvalue weighted by Crippen LogP contribution is -2.11. The summed E-state index contributed by atoms with van der Waals surface area (Å²) in [6.07, 6.45) is -3.44. The van der Waals surface area contributed by atoms with Crippen LogP contribution in [0.5, 0.6) is 5.75 Å². The van der Waals surface area contributed by atoms with E-state index in [9.17, 15) is 18.0 Å². The number of halogens is 3. The van der Waals surface area contributed by atoms with Crippen LogP contribution >= 0.6 is 11.3 Å². The summed E-state index contributed by atoms with van der Waals surface area (Å²) in [5.41, 5.74) is 1.63. The van der Waals surface area contributed by atoms with Crippen LogP contribution in [0.15, 0.2) is 60.0 Å². The predicted molar refractivity (Wildman–Crippen MR) is 104 cm³/mol. The summed E-state index contributed by atoms with van der Waals surface area (Å²) in [4.78, 5) is 12.7. The van der Waals surface area contributed by atoms with Crippen molar-refractivity contribution in [3.8, 4) is 5.75 Å². The molecule has 1 aromatic heterocycles. The highest BCUT2D eigenvalue weighted by atomic mass is 32.1. The summed E-state index contributed by atoms with van der Waals surface area (Å²) in [5.74, 6) is 0.377. The second kappa shape index (κ2) is 8.48. The van der Waals surface area contributed by atoms with E-state index in [2.05, 4.69) is 12.2 Å². The van der Waals surface area contributed by atoms with E-state index in [1.807, 2.05) is 29.6 Å². The number of alkyl halides is 3. The molecule has 0 aliphatic carbocycles. The van der Waals surface area contributed by atoms with Gasteiger partial charge >= 0.3 is 6.18 Å². The number of benzene rings is 2. The molecule has 0 spiro atoms. The Morgan fingerprint density at radius 2 is 1.71 bits per heavy atom. The van der Waals surface area contributed by atoms with E-state index in [1.54, 1.807) is 6.07 Å². The Morgan fingerprint density at radius 1 is 1.04 bits per heavy atom. The van der Waals surface area contributed by atoms with Crippen LogP contribution in [0.1, 0.15) is 33.3 Å². The average Bonchev–Trinajstić information content (AvgIpc) is 3.16. The summed E-state index contributed by atoms with van der Waals surface area (Å²) in [6, 6.07) is 13.9. The lowest BCUT2D eigenvalue weighted by Gasteiger charge is -2.08. The van der Waals surface area contributed by atoms with E-state index >= 15 is 0 Å². The standard InChI is InChI=1S/C21H18F3NO2S/c1-2-14-3-9-18(10-4-14)27-12-15-11-19(28-13-15)20(26)25-17-7-5-16(6-8-17)21(22,23)24/h3-11,13H,2,12H2,1H3,(H,25,26). The predicted octanol–water partition coefficient (Wildman–Crippen LogP) is 6.16. The Hall–Kier alpha value is -2.80. The molecule has 0 radical (unpaired) electrons. The topological polar surface area (TPSA) is 38.3 Å². The summed E-state index contributed by atoms with van der Waals surface area (Å²) < 4.78 is 43.5.